The third kappa shape index (κ3) is 4.76. The summed E-state index contributed by atoms with van der Waals surface area (Å²) in [5, 5.41) is 0. The van der Waals surface area contributed by atoms with Gasteiger partial charge in [-0.25, -0.2) is 17.2 Å². The minimum absolute atomic E-state index is 0.164. The molecule has 7 heteroatoms. The number of hydrogen-bond donors (Lipinski definition) is 2. The second-order valence-corrected chi connectivity index (χ2v) is 6.09. The van der Waals surface area contributed by atoms with Crippen molar-refractivity contribution in [2.24, 2.45) is 5.84 Å². The average molecular weight is 264 g/mol. The van der Waals surface area contributed by atoms with Crippen LogP contribution >= 0.6 is 0 Å². The first kappa shape index (κ1) is 14.0. The van der Waals surface area contributed by atoms with Gasteiger partial charge < -0.3 is 0 Å². The lowest BCUT2D eigenvalue weighted by atomic mass is 10.1. The van der Waals surface area contributed by atoms with E-state index in [1.807, 2.05) is 0 Å². The molecule has 3 N–H and O–H groups in total. The van der Waals surface area contributed by atoms with Gasteiger partial charge in [0.1, 0.15) is 9.84 Å². The zero-order valence-corrected chi connectivity index (χ0v) is 10.1. The van der Waals surface area contributed by atoms with Crippen molar-refractivity contribution < 1.29 is 17.2 Å². The summed E-state index contributed by atoms with van der Waals surface area (Å²) in [5.74, 6) is 3.15. The number of hydrogen-bond acceptors (Lipinski definition) is 4. The zero-order valence-electron chi connectivity index (χ0n) is 9.28. The van der Waals surface area contributed by atoms with Gasteiger partial charge in [0.2, 0.25) is 0 Å². The molecule has 0 fully saturated rings. The molecule has 1 aromatic rings. The first-order chi connectivity index (χ1) is 7.81. The summed E-state index contributed by atoms with van der Waals surface area (Å²) < 4.78 is 47.8. The lowest BCUT2D eigenvalue weighted by molar-refractivity contribution is 0.503. The van der Waals surface area contributed by atoms with E-state index in [9.17, 15) is 17.2 Å². The molecule has 4 nitrogen and oxygen atoms in total. The van der Waals surface area contributed by atoms with Gasteiger partial charge in [0.15, 0.2) is 11.6 Å². The van der Waals surface area contributed by atoms with Crippen LogP contribution in [0.5, 0.6) is 0 Å². The van der Waals surface area contributed by atoms with Gasteiger partial charge in [0, 0.05) is 12.3 Å². The van der Waals surface area contributed by atoms with Crippen molar-refractivity contribution in [3.05, 3.63) is 35.4 Å². The minimum atomic E-state index is -3.18. The molecule has 0 aromatic heterocycles. The number of hydrazine groups is 1. The maximum atomic E-state index is 12.9. The Hall–Kier alpha value is -1.05. The maximum Gasteiger partial charge on any atom is 0.159 e. The predicted molar refractivity (Wildman–Crippen MR) is 60.9 cm³/mol. The van der Waals surface area contributed by atoms with Crippen molar-refractivity contribution in [3.8, 4) is 0 Å². The summed E-state index contributed by atoms with van der Waals surface area (Å²) in [7, 11) is -3.18. The van der Waals surface area contributed by atoms with Crippen LogP contribution < -0.4 is 11.3 Å². The molecule has 1 aromatic carbocycles. The summed E-state index contributed by atoms with van der Waals surface area (Å²) in [4.78, 5) is 0. The van der Waals surface area contributed by atoms with Gasteiger partial charge in [-0.3, -0.25) is 11.3 Å². The highest BCUT2D eigenvalue weighted by Gasteiger charge is 2.15. The van der Waals surface area contributed by atoms with Gasteiger partial charge >= 0.3 is 0 Å². The molecule has 0 aliphatic heterocycles. The molecule has 1 unspecified atom stereocenters. The fourth-order valence-electron chi connectivity index (χ4n) is 1.48. The van der Waals surface area contributed by atoms with Gasteiger partial charge in [-0.1, -0.05) is 6.07 Å². The van der Waals surface area contributed by atoms with Crippen molar-refractivity contribution in [3.63, 3.8) is 0 Å². The molecule has 0 saturated heterocycles. The Balaban J connectivity index is 2.77. The Morgan fingerprint density at radius 1 is 1.35 bits per heavy atom. The lowest BCUT2D eigenvalue weighted by Crippen LogP contribution is -2.41. The molecule has 0 amide bonds. The van der Waals surface area contributed by atoms with Crippen LogP contribution in [0.25, 0.3) is 0 Å². The van der Waals surface area contributed by atoms with Gasteiger partial charge in [0.25, 0.3) is 0 Å². The highest BCUT2D eigenvalue weighted by Crippen LogP contribution is 2.11. The van der Waals surface area contributed by atoms with Crippen molar-refractivity contribution in [1.82, 2.24) is 5.43 Å². The van der Waals surface area contributed by atoms with Crippen LogP contribution in [-0.2, 0) is 16.3 Å². The molecule has 0 bridgehead atoms. The Kier molecular flexibility index (Phi) is 4.55. The monoisotopic (exact) mass is 264 g/mol. The van der Waals surface area contributed by atoms with Crippen LogP contribution in [0.4, 0.5) is 8.78 Å². The molecule has 0 radical (unpaired) electrons. The molecular formula is C10H14F2N2O2S. The smallest absolute Gasteiger partial charge is 0.159 e. The quantitative estimate of drug-likeness (QED) is 0.596. The van der Waals surface area contributed by atoms with E-state index in [0.29, 0.717) is 5.56 Å². The highest BCUT2D eigenvalue weighted by molar-refractivity contribution is 7.90. The van der Waals surface area contributed by atoms with E-state index in [1.165, 1.54) is 6.07 Å². The molecule has 96 valence electrons. The normalized spacial score (nSPS) is 13.6. The van der Waals surface area contributed by atoms with Crippen molar-refractivity contribution >= 4 is 9.84 Å². The maximum absolute atomic E-state index is 12.9. The fourth-order valence-corrected chi connectivity index (χ4v) is 2.43. The first-order valence-corrected chi connectivity index (χ1v) is 6.95. The van der Waals surface area contributed by atoms with Gasteiger partial charge in [-0.2, -0.15) is 0 Å². The summed E-state index contributed by atoms with van der Waals surface area (Å²) in [6, 6.07) is 2.89. The van der Waals surface area contributed by atoms with E-state index in [-0.39, 0.29) is 12.2 Å². The summed E-state index contributed by atoms with van der Waals surface area (Å²) in [6.07, 6.45) is 1.29. The summed E-state index contributed by atoms with van der Waals surface area (Å²) in [6.45, 7) is 0. The second-order valence-electron chi connectivity index (χ2n) is 3.91. The fraction of sp³-hybridized carbons (Fsp3) is 0.400. The Morgan fingerprint density at radius 2 is 2.00 bits per heavy atom. The Morgan fingerprint density at radius 3 is 2.47 bits per heavy atom. The Bertz CT molecular complexity index is 491. The number of nitrogens with two attached hydrogens (primary N) is 1. The van der Waals surface area contributed by atoms with E-state index in [0.717, 1.165) is 18.4 Å². The van der Waals surface area contributed by atoms with E-state index in [4.69, 9.17) is 5.84 Å². The lowest BCUT2D eigenvalue weighted by Gasteiger charge is -2.14. The van der Waals surface area contributed by atoms with Crippen LogP contribution in [-0.4, -0.2) is 26.5 Å². The number of benzene rings is 1. The van der Waals surface area contributed by atoms with Gasteiger partial charge in [0.05, 0.1) is 5.75 Å². The SMILES string of the molecule is CS(=O)(=O)CC(Cc1ccc(F)c(F)c1)NN. The van der Waals surface area contributed by atoms with Crippen molar-refractivity contribution in [2.45, 2.75) is 12.5 Å². The van der Waals surface area contributed by atoms with Crippen LogP contribution in [0.15, 0.2) is 18.2 Å². The van der Waals surface area contributed by atoms with Gasteiger partial charge in [-0.05, 0) is 24.1 Å². The topological polar surface area (TPSA) is 72.2 Å². The zero-order chi connectivity index (χ0) is 13.1. The molecule has 1 rings (SSSR count). The van der Waals surface area contributed by atoms with E-state index >= 15 is 0 Å². The van der Waals surface area contributed by atoms with E-state index in [1.54, 1.807) is 0 Å². The first-order valence-electron chi connectivity index (χ1n) is 4.89. The largest absolute Gasteiger partial charge is 0.271 e. The predicted octanol–water partition coefficient (Wildman–Crippen LogP) is 0.384. The molecular weight excluding hydrogens is 250 g/mol. The number of sulfone groups is 1. The van der Waals surface area contributed by atoms with Crippen molar-refractivity contribution in [1.29, 1.82) is 0 Å². The van der Waals surface area contributed by atoms with Crippen molar-refractivity contribution in [2.75, 3.05) is 12.0 Å². The molecule has 17 heavy (non-hydrogen) atoms. The van der Waals surface area contributed by atoms with Crippen LogP contribution in [0.3, 0.4) is 0 Å². The molecule has 0 aliphatic rings. The average Bonchev–Trinajstić information content (AvgIpc) is 2.20. The van der Waals surface area contributed by atoms with E-state index < -0.39 is 27.5 Å². The third-order valence-electron chi connectivity index (χ3n) is 2.21. The van der Waals surface area contributed by atoms with Gasteiger partial charge in [-0.15, -0.1) is 0 Å². The molecule has 0 saturated carbocycles. The van der Waals surface area contributed by atoms with Crippen LogP contribution in [0.1, 0.15) is 5.56 Å². The molecule has 0 heterocycles. The molecule has 0 aliphatic carbocycles. The number of rotatable bonds is 5. The standard InChI is InChI=1S/C10H14F2N2O2S/c1-17(15,16)6-8(14-13)4-7-2-3-9(11)10(12)5-7/h2-3,5,8,14H,4,6,13H2,1H3. The summed E-state index contributed by atoms with van der Waals surface area (Å²) in [5.41, 5.74) is 2.83. The highest BCUT2D eigenvalue weighted by atomic mass is 32.2. The Labute approximate surface area is 98.7 Å². The van der Waals surface area contributed by atoms with Crippen LogP contribution in [0.2, 0.25) is 0 Å². The van der Waals surface area contributed by atoms with Crippen LogP contribution in [0, 0.1) is 11.6 Å². The minimum Gasteiger partial charge on any atom is -0.271 e. The van der Waals surface area contributed by atoms with E-state index in [2.05, 4.69) is 5.43 Å². The molecule has 1 atom stereocenters. The number of nitrogens with one attached hydrogen (secondary N) is 1. The molecule has 0 spiro atoms. The second kappa shape index (κ2) is 5.52. The third-order valence-corrected chi connectivity index (χ3v) is 3.21. The number of halogens is 2. The summed E-state index contributed by atoms with van der Waals surface area (Å²) >= 11 is 0.